The molecule has 0 unspecified atom stereocenters. The molecule has 0 spiro atoms. The summed E-state index contributed by atoms with van der Waals surface area (Å²) in [6.45, 7) is 1.88. The number of ether oxygens (including phenoxy) is 6. The van der Waals surface area contributed by atoms with Gasteiger partial charge in [0.05, 0.1) is 13.2 Å². The van der Waals surface area contributed by atoms with Crippen LogP contribution in [0.4, 0.5) is 0 Å². The Bertz CT molecular complexity index is 201. The van der Waals surface area contributed by atoms with Gasteiger partial charge < -0.3 is 28.4 Å². The van der Waals surface area contributed by atoms with Crippen molar-refractivity contribution in [3.05, 3.63) is 0 Å². The van der Waals surface area contributed by atoms with Crippen LogP contribution in [0.2, 0.25) is 0 Å². The van der Waals surface area contributed by atoms with E-state index >= 15 is 0 Å². The normalized spacial score (nSPS) is 46.4. The lowest BCUT2D eigenvalue weighted by Gasteiger charge is -2.37. The number of hydrogen-bond donors (Lipinski definition) is 0. The van der Waals surface area contributed by atoms with Crippen molar-refractivity contribution in [2.24, 2.45) is 0 Å². The Hall–Kier alpha value is -0.240. The second kappa shape index (κ2) is 4.32. The highest BCUT2D eigenvalue weighted by Crippen LogP contribution is 2.26. The first-order chi connectivity index (χ1) is 7.45. The first-order valence-corrected chi connectivity index (χ1v) is 5.07. The highest BCUT2D eigenvalue weighted by atomic mass is 16.8. The van der Waals surface area contributed by atoms with Gasteiger partial charge in [0.15, 0.2) is 0 Å². The van der Waals surface area contributed by atoms with E-state index < -0.39 is 0 Å². The molecule has 3 fully saturated rings. The van der Waals surface area contributed by atoms with Crippen LogP contribution < -0.4 is 0 Å². The van der Waals surface area contributed by atoms with E-state index in [0.717, 1.165) is 0 Å². The van der Waals surface area contributed by atoms with Gasteiger partial charge in [0.25, 0.3) is 0 Å². The van der Waals surface area contributed by atoms with E-state index in [1.165, 1.54) is 0 Å². The van der Waals surface area contributed by atoms with Gasteiger partial charge in [-0.25, -0.2) is 0 Å². The molecule has 6 heteroatoms. The van der Waals surface area contributed by atoms with Gasteiger partial charge in [-0.1, -0.05) is 0 Å². The average Bonchev–Trinajstić information content (AvgIpc) is 2.48. The molecule has 0 aromatic rings. The maximum atomic E-state index is 5.52. The third-order valence-corrected chi connectivity index (χ3v) is 2.87. The molecule has 4 atom stereocenters. The molecule has 0 saturated carbocycles. The van der Waals surface area contributed by atoms with Crippen molar-refractivity contribution in [2.75, 3.05) is 33.6 Å². The van der Waals surface area contributed by atoms with Crippen LogP contribution in [0, 0.1) is 0 Å². The van der Waals surface area contributed by atoms with Crippen LogP contribution in [0.5, 0.6) is 0 Å². The molecule has 0 amide bonds. The van der Waals surface area contributed by atoms with Gasteiger partial charge in [-0.2, -0.15) is 0 Å². The summed E-state index contributed by atoms with van der Waals surface area (Å²) in [4.78, 5) is 0. The van der Waals surface area contributed by atoms with Gasteiger partial charge in [0.2, 0.25) is 0 Å². The van der Waals surface area contributed by atoms with Gasteiger partial charge in [-0.05, 0) is 0 Å². The predicted octanol–water partition coefficient (Wildman–Crippen LogP) is -0.526. The largest absolute Gasteiger partial charge is 0.353 e. The highest BCUT2D eigenvalue weighted by Gasteiger charge is 2.44. The summed E-state index contributed by atoms with van der Waals surface area (Å²) in [5.41, 5.74) is 0. The molecule has 86 valence electrons. The van der Waals surface area contributed by atoms with Crippen molar-refractivity contribution in [3.8, 4) is 0 Å². The molecule has 3 aliphatic heterocycles. The molecule has 0 bridgehead atoms. The van der Waals surface area contributed by atoms with E-state index in [1.54, 1.807) is 0 Å². The first-order valence-electron chi connectivity index (χ1n) is 5.07. The zero-order chi connectivity index (χ0) is 10.1. The number of rotatable bonds is 0. The van der Waals surface area contributed by atoms with Crippen LogP contribution >= 0.6 is 0 Å². The minimum atomic E-state index is -0.116. The lowest BCUT2D eigenvalue weighted by molar-refractivity contribution is -0.260. The minimum absolute atomic E-state index is 0.105. The molecule has 0 aromatic carbocycles. The molecule has 0 aromatic heterocycles. The summed E-state index contributed by atoms with van der Waals surface area (Å²) in [6.07, 6.45) is -0.441. The Morgan fingerprint density at radius 1 is 0.600 bits per heavy atom. The zero-order valence-electron chi connectivity index (χ0n) is 8.29. The first kappa shape index (κ1) is 9.95. The summed E-state index contributed by atoms with van der Waals surface area (Å²) in [7, 11) is 0. The van der Waals surface area contributed by atoms with Gasteiger partial charge in [0, 0.05) is 0 Å². The van der Waals surface area contributed by atoms with Crippen LogP contribution in [-0.4, -0.2) is 58.0 Å². The lowest BCUT2D eigenvalue weighted by Crippen LogP contribution is -2.54. The van der Waals surface area contributed by atoms with E-state index in [1.807, 2.05) is 0 Å². The summed E-state index contributed by atoms with van der Waals surface area (Å²) < 4.78 is 32.4. The highest BCUT2D eigenvalue weighted by molar-refractivity contribution is 4.89. The van der Waals surface area contributed by atoms with Crippen molar-refractivity contribution in [3.63, 3.8) is 0 Å². The standard InChI is InChI=1S/C9H14O6/c1-6-8(14-3-10-1)9-7(13-5-12-6)2-11-4-15-9/h6-9H,1-5H2/t6-,7-,8-,9-/m0/s1. The maximum absolute atomic E-state index is 5.52. The molecule has 15 heavy (non-hydrogen) atoms. The molecule has 0 aliphatic carbocycles. The average molecular weight is 218 g/mol. The van der Waals surface area contributed by atoms with Crippen molar-refractivity contribution >= 4 is 0 Å². The van der Waals surface area contributed by atoms with Crippen LogP contribution in [0.1, 0.15) is 0 Å². The lowest BCUT2D eigenvalue weighted by atomic mass is 10.0. The summed E-state index contributed by atoms with van der Waals surface area (Å²) in [6, 6.07) is 0. The van der Waals surface area contributed by atoms with E-state index in [0.29, 0.717) is 13.2 Å². The van der Waals surface area contributed by atoms with Gasteiger partial charge >= 0.3 is 0 Å². The van der Waals surface area contributed by atoms with Crippen LogP contribution in [0.25, 0.3) is 0 Å². The van der Waals surface area contributed by atoms with Crippen molar-refractivity contribution in [1.82, 2.24) is 0 Å². The molecule has 0 N–H and O–H groups in total. The van der Waals surface area contributed by atoms with Crippen molar-refractivity contribution < 1.29 is 28.4 Å². The number of hydrogen-bond acceptors (Lipinski definition) is 6. The Morgan fingerprint density at radius 3 is 1.67 bits per heavy atom. The third kappa shape index (κ3) is 1.89. The SMILES string of the molecule is C1OC[C@@H]2OCO[C@H]3COCO[C@@H]3[C@H]2O1. The fraction of sp³-hybridized carbons (Fsp3) is 1.00. The molecular weight excluding hydrogens is 204 g/mol. The van der Waals surface area contributed by atoms with Crippen molar-refractivity contribution in [1.29, 1.82) is 0 Å². The molecular formula is C9H14O6. The van der Waals surface area contributed by atoms with Gasteiger partial charge in [-0.15, -0.1) is 0 Å². The fourth-order valence-corrected chi connectivity index (χ4v) is 2.10. The quantitative estimate of drug-likeness (QED) is 0.545. The molecule has 3 rings (SSSR count). The Morgan fingerprint density at radius 2 is 1.13 bits per heavy atom. The Balaban J connectivity index is 1.77. The Labute approximate surface area is 87.3 Å². The molecule has 3 heterocycles. The smallest absolute Gasteiger partial charge is 0.147 e. The third-order valence-electron chi connectivity index (χ3n) is 2.87. The van der Waals surface area contributed by atoms with Gasteiger partial charge in [0.1, 0.15) is 44.8 Å². The van der Waals surface area contributed by atoms with Crippen molar-refractivity contribution in [2.45, 2.75) is 24.4 Å². The van der Waals surface area contributed by atoms with E-state index in [2.05, 4.69) is 0 Å². The monoisotopic (exact) mass is 218 g/mol. The van der Waals surface area contributed by atoms with Gasteiger partial charge in [-0.3, -0.25) is 0 Å². The fourth-order valence-electron chi connectivity index (χ4n) is 2.10. The maximum Gasteiger partial charge on any atom is 0.147 e. The topological polar surface area (TPSA) is 55.4 Å². The summed E-state index contributed by atoms with van der Waals surface area (Å²) >= 11 is 0. The van der Waals surface area contributed by atoms with Crippen LogP contribution in [-0.2, 0) is 28.4 Å². The molecule has 6 nitrogen and oxygen atoms in total. The predicted molar refractivity (Wildman–Crippen MR) is 46.0 cm³/mol. The molecule has 3 saturated heterocycles. The number of fused-ring (bicyclic) bond motifs is 3. The summed E-state index contributed by atoms with van der Waals surface area (Å²) in [5, 5.41) is 0. The molecule has 0 radical (unpaired) electrons. The van der Waals surface area contributed by atoms with Crippen LogP contribution in [0.3, 0.4) is 0 Å². The second-order valence-electron chi connectivity index (χ2n) is 3.77. The minimum Gasteiger partial charge on any atom is -0.353 e. The van der Waals surface area contributed by atoms with E-state index in [-0.39, 0.29) is 44.8 Å². The van der Waals surface area contributed by atoms with E-state index in [4.69, 9.17) is 28.4 Å². The van der Waals surface area contributed by atoms with E-state index in [9.17, 15) is 0 Å². The Kier molecular flexibility index (Phi) is 2.87. The summed E-state index contributed by atoms with van der Waals surface area (Å²) in [5.74, 6) is 0. The van der Waals surface area contributed by atoms with Crippen LogP contribution in [0.15, 0.2) is 0 Å². The second-order valence-corrected chi connectivity index (χ2v) is 3.77. The zero-order valence-corrected chi connectivity index (χ0v) is 8.29. The molecule has 3 aliphatic rings.